The van der Waals surface area contributed by atoms with Crippen molar-refractivity contribution in [3.63, 3.8) is 0 Å². The highest BCUT2D eigenvalue weighted by molar-refractivity contribution is 5.86. The van der Waals surface area contributed by atoms with Crippen LogP contribution in [0.2, 0.25) is 0 Å². The lowest BCUT2D eigenvalue weighted by atomic mass is 10.0. The van der Waals surface area contributed by atoms with E-state index in [2.05, 4.69) is 24.0 Å². The Balaban J connectivity index is 2.02. The third-order valence-electron chi connectivity index (χ3n) is 3.49. The summed E-state index contributed by atoms with van der Waals surface area (Å²) in [7, 11) is 1.80. The number of carbonyl (C=O) groups is 1. The zero-order chi connectivity index (χ0) is 14.7. The van der Waals surface area contributed by atoms with Gasteiger partial charge in [0.15, 0.2) is 5.78 Å². The number of ketones is 1. The van der Waals surface area contributed by atoms with Crippen molar-refractivity contribution >= 4 is 5.78 Å². The van der Waals surface area contributed by atoms with E-state index < -0.39 is 6.04 Å². The molecule has 2 atom stereocenters. The number of aryl methyl sites for hydroxylation is 1. The maximum Gasteiger partial charge on any atom is 0.160 e. The Hall–Kier alpha value is -1.95. The van der Waals surface area contributed by atoms with Gasteiger partial charge in [-0.2, -0.15) is 10.2 Å². The summed E-state index contributed by atoms with van der Waals surface area (Å²) in [6, 6.07) is 1.57. The van der Waals surface area contributed by atoms with Crippen molar-refractivity contribution in [2.24, 2.45) is 12.8 Å². The van der Waals surface area contributed by atoms with Crippen LogP contribution in [0.3, 0.4) is 0 Å². The predicted octanol–water partition coefficient (Wildman–Crippen LogP) is 1.40. The van der Waals surface area contributed by atoms with Crippen LogP contribution in [0.4, 0.5) is 0 Å². The van der Waals surface area contributed by atoms with Crippen LogP contribution in [0.15, 0.2) is 24.7 Å². The Kier molecular flexibility index (Phi) is 4.34. The fourth-order valence-electron chi connectivity index (χ4n) is 1.98. The van der Waals surface area contributed by atoms with Gasteiger partial charge in [0, 0.05) is 31.0 Å². The van der Waals surface area contributed by atoms with E-state index in [0.29, 0.717) is 6.04 Å². The van der Waals surface area contributed by atoms with Crippen molar-refractivity contribution in [2.45, 2.75) is 38.8 Å². The molecule has 6 heteroatoms. The fourth-order valence-corrected chi connectivity index (χ4v) is 1.98. The van der Waals surface area contributed by atoms with Gasteiger partial charge in [-0.1, -0.05) is 6.92 Å². The maximum absolute atomic E-state index is 12.2. The third-order valence-corrected chi connectivity index (χ3v) is 3.49. The van der Waals surface area contributed by atoms with Gasteiger partial charge in [-0.3, -0.25) is 14.2 Å². The Labute approximate surface area is 118 Å². The van der Waals surface area contributed by atoms with Crippen molar-refractivity contribution in [1.29, 1.82) is 0 Å². The van der Waals surface area contributed by atoms with E-state index in [-0.39, 0.29) is 12.2 Å². The zero-order valence-corrected chi connectivity index (χ0v) is 12.2. The molecule has 0 saturated carbocycles. The van der Waals surface area contributed by atoms with Gasteiger partial charge < -0.3 is 5.73 Å². The van der Waals surface area contributed by atoms with Gasteiger partial charge in [-0.25, -0.2) is 0 Å². The van der Waals surface area contributed by atoms with E-state index in [0.717, 1.165) is 17.7 Å². The molecule has 0 fully saturated rings. The Morgan fingerprint density at radius 2 is 2.25 bits per heavy atom. The minimum atomic E-state index is -0.641. The number of carbonyl (C=O) groups excluding carboxylic acids is 1. The Bertz CT molecular complexity index is 586. The lowest BCUT2D eigenvalue weighted by Crippen LogP contribution is -2.23. The van der Waals surface area contributed by atoms with Crippen LogP contribution in [-0.4, -0.2) is 25.3 Å². The van der Waals surface area contributed by atoms with Crippen LogP contribution >= 0.6 is 0 Å². The molecule has 6 nitrogen and oxygen atoms in total. The highest BCUT2D eigenvalue weighted by Crippen LogP contribution is 2.14. The number of rotatable bonds is 6. The summed E-state index contributed by atoms with van der Waals surface area (Å²) < 4.78 is 3.53. The average Bonchev–Trinajstić information content (AvgIpc) is 3.06. The van der Waals surface area contributed by atoms with Gasteiger partial charge >= 0.3 is 0 Å². The number of nitrogens with two attached hydrogens (primary N) is 1. The van der Waals surface area contributed by atoms with Gasteiger partial charge in [0.25, 0.3) is 0 Å². The molecule has 0 spiro atoms. The highest BCUT2D eigenvalue weighted by atomic mass is 16.1. The standard InChI is InChI=1S/C14H21N5O/c1-4-10(2)19-6-5-12(17-19)7-13(20)14(15)11-8-16-18(3)9-11/h5-6,8-10,14H,4,7,15H2,1-3H3. The van der Waals surface area contributed by atoms with E-state index >= 15 is 0 Å². The van der Waals surface area contributed by atoms with E-state index in [1.165, 1.54) is 0 Å². The molecule has 0 aliphatic rings. The van der Waals surface area contributed by atoms with Crippen LogP contribution in [0.1, 0.15) is 43.6 Å². The molecule has 0 radical (unpaired) electrons. The molecule has 2 rings (SSSR count). The molecular weight excluding hydrogens is 254 g/mol. The smallest absolute Gasteiger partial charge is 0.160 e. The number of hydrogen-bond donors (Lipinski definition) is 1. The average molecular weight is 275 g/mol. The number of hydrogen-bond acceptors (Lipinski definition) is 4. The molecule has 20 heavy (non-hydrogen) atoms. The van der Waals surface area contributed by atoms with Gasteiger partial charge in [0.2, 0.25) is 0 Å². The monoisotopic (exact) mass is 275 g/mol. The summed E-state index contributed by atoms with van der Waals surface area (Å²) in [5, 5.41) is 8.45. The van der Waals surface area contributed by atoms with Crippen LogP contribution in [0.25, 0.3) is 0 Å². The molecule has 108 valence electrons. The van der Waals surface area contributed by atoms with Crippen LogP contribution in [-0.2, 0) is 18.3 Å². The fraction of sp³-hybridized carbons (Fsp3) is 0.500. The van der Waals surface area contributed by atoms with Crippen molar-refractivity contribution in [3.05, 3.63) is 35.9 Å². The van der Waals surface area contributed by atoms with E-state index in [4.69, 9.17) is 5.73 Å². The van der Waals surface area contributed by atoms with Gasteiger partial charge in [-0.05, 0) is 19.4 Å². The molecule has 0 saturated heterocycles. The summed E-state index contributed by atoms with van der Waals surface area (Å²) in [5.74, 6) is -0.0487. The lowest BCUT2D eigenvalue weighted by molar-refractivity contribution is -0.119. The Morgan fingerprint density at radius 1 is 1.50 bits per heavy atom. The molecule has 0 aliphatic carbocycles. The van der Waals surface area contributed by atoms with Gasteiger partial charge in [-0.15, -0.1) is 0 Å². The third kappa shape index (κ3) is 3.14. The predicted molar refractivity (Wildman–Crippen MR) is 76.1 cm³/mol. The van der Waals surface area contributed by atoms with Crippen LogP contribution in [0.5, 0.6) is 0 Å². The molecule has 2 heterocycles. The SMILES string of the molecule is CCC(C)n1ccc(CC(=O)C(N)c2cnn(C)c2)n1. The molecule has 2 unspecified atom stereocenters. The van der Waals surface area contributed by atoms with Crippen LogP contribution < -0.4 is 5.73 Å². The Morgan fingerprint density at radius 3 is 2.85 bits per heavy atom. The summed E-state index contributed by atoms with van der Waals surface area (Å²) in [6.45, 7) is 4.20. The minimum absolute atomic E-state index is 0.0487. The summed E-state index contributed by atoms with van der Waals surface area (Å²) in [5.41, 5.74) is 7.45. The van der Waals surface area contributed by atoms with E-state index in [1.807, 2.05) is 16.9 Å². The van der Waals surface area contributed by atoms with E-state index in [1.54, 1.807) is 24.1 Å². The largest absolute Gasteiger partial charge is 0.318 e. The zero-order valence-electron chi connectivity index (χ0n) is 12.2. The molecular formula is C14H21N5O. The first-order chi connectivity index (χ1) is 9.51. The van der Waals surface area contributed by atoms with E-state index in [9.17, 15) is 4.79 Å². The van der Waals surface area contributed by atoms with Crippen molar-refractivity contribution in [2.75, 3.05) is 0 Å². The summed E-state index contributed by atoms with van der Waals surface area (Å²) in [6.07, 6.45) is 6.55. The summed E-state index contributed by atoms with van der Waals surface area (Å²) in [4.78, 5) is 12.2. The second kappa shape index (κ2) is 6.00. The van der Waals surface area contributed by atoms with Crippen LogP contribution in [0, 0.1) is 0 Å². The second-order valence-electron chi connectivity index (χ2n) is 5.11. The minimum Gasteiger partial charge on any atom is -0.318 e. The number of Topliss-reactive ketones (excluding diaryl/α,β-unsaturated/α-hetero) is 1. The normalized spacial score (nSPS) is 14.2. The molecule has 2 N–H and O–H groups in total. The number of nitrogens with zero attached hydrogens (tertiary/aromatic N) is 4. The molecule has 0 bridgehead atoms. The second-order valence-corrected chi connectivity index (χ2v) is 5.11. The van der Waals surface area contributed by atoms with Gasteiger partial charge in [0.1, 0.15) is 0 Å². The quantitative estimate of drug-likeness (QED) is 0.864. The summed E-state index contributed by atoms with van der Waals surface area (Å²) >= 11 is 0. The van der Waals surface area contributed by atoms with Gasteiger partial charge in [0.05, 0.1) is 24.4 Å². The number of aromatic nitrogens is 4. The molecule has 0 aliphatic heterocycles. The molecule has 2 aromatic heterocycles. The first kappa shape index (κ1) is 14.5. The van der Waals surface area contributed by atoms with Crippen molar-refractivity contribution < 1.29 is 4.79 Å². The molecule has 0 amide bonds. The lowest BCUT2D eigenvalue weighted by Gasteiger charge is -2.09. The first-order valence-corrected chi connectivity index (χ1v) is 6.82. The first-order valence-electron chi connectivity index (χ1n) is 6.82. The maximum atomic E-state index is 12.2. The topological polar surface area (TPSA) is 78.7 Å². The highest BCUT2D eigenvalue weighted by Gasteiger charge is 2.19. The molecule has 0 aromatic carbocycles. The molecule has 2 aromatic rings. The van der Waals surface area contributed by atoms with Crippen molar-refractivity contribution in [1.82, 2.24) is 19.6 Å². The van der Waals surface area contributed by atoms with Crippen molar-refractivity contribution in [3.8, 4) is 0 Å².